The number of rotatable bonds is 2. The minimum Gasteiger partial charge on any atom is -0.478 e. The Hall–Kier alpha value is -2.27. The van der Waals surface area contributed by atoms with Gasteiger partial charge in [0.15, 0.2) is 0 Å². The molecule has 0 unspecified atom stereocenters. The lowest BCUT2D eigenvalue weighted by molar-refractivity contribution is 0.0697. The highest BCUT2D eigenvalue weighted by atomic mass is 32.1. The van der Waals surface area contributed by atoms with Gasteiger partial charge in [0.25, 0.3) is 0 Å². The number of carboxylic acid groups (broad SMARTS) is 1. The van der Waals surface area contributed by atoms with Crippen molar-refractivity contribution in [2.75, 3.05) is 0 Å². The molecule has 3 rings (SSSR count). The van der Waals surface area contributed by atoms with E-state index in [1.54, 1.807) is 24.4 Å². The highest BCUT2D eigenvalue weighted by molar-refractivity contribution is 7.21. The van der Waals surface area contributed by atoms with Gasteiger partial charge >= 0.3 is 5.97 Å². The Bertz CT molecular complexity index is 703. The fourth-order valence-electron chi connectivity index (χ4n) is 1.68. The number of fused-ring (bicyclic) bond motifs is 1. The summed E-state index contributed by atoms with van der Waals surface area (Å²) in [7, 11) is 0. The van der Waals surface area contributed by atoms with E-state index < -0.39 is 5.97 Å². The van der Waals surface area contributed by atoms with Crippen LogP contribution in [0.1, 0.15) is 10.4 Å². The van der Waals surface area contributed by atoms with Crippen molar-refractivity contribution in [3.05, 3.63) is 48.2 Å². The SMILES string of the molecule is O=C(O)c1cccc(-c2nc3cccnc3s2)c1. The van der Waals surface area contributed by atoms with Crippen molar-refractivity contribution in [2.45, 2.75) is 0 Å². The third-order valence-electron chi connectivity index (χ3n) is 2.52. The summed E-state index contributed by atoms with van der Waals surface area (Å²) in [5, 5.41) is 9.75. The molecule has 0 saturated carbocycles. The first kappa shape index (κ1) is 10.9. The maximum atomic E-state index is 10.9. The molecule has 0 aliphatic rings. The quantitative estimate of drug-likeness (QED) is 0.765. The molecular weight excluding hydrogens is 248 g/mol. The molecule has 0 amide bonds. The Kier molecular flexibility index (Phi) is 2.53. The Balaban J connectivity index is 2.13. The summed E-state index contributed by atoms with van der Waals surface area (Å²) in [4.78, 5) is 20.5. The van der Waals surface area contributed by atoms with Gasteiger partial charge < -0.3 is 5.11 Å². The Morgan fingerprint density at radius 1 is 1.22 bits per heavy atom. The van der Waals surface area contributed by atoms with Crippen LogP contribution in [0.4, 0.5) is 0 Å². The van der Waals surface area contributed by atoms with Crippen LogP contribution in [0.25, 0.3) is 20.9 Å². The third-order valence-corrected chi connectivity index (χ3v) is 3.55. The number of benzene rings is 1. The lowest BCUT2D eigenvalue weighted by Crippen LogP contribution is -1.95. The van der Waals surface area contributed by atoms with Crippen molar-refractivity contribution >= 4 is 27.7 Å². The van der Waals surface area contributed by atoms with Gasteiger partial charge in [-0.2, -0.15) is 0 Å². The van der Waals surface area contributed by atoms with Crippen LogP contribution in [0.5, 0.6) is 0 Å². The standard InChI is InChI=1S/C13H8N2O2S/c16-13(17)9-4-1-3-8(7-9)11-15-10-5-2-6-14-12(10)18-11/h1-7H,(H,16,17). The first-order chi connectivity index (χ1) is 8.74. The number of hydrogen-bond acceptors (Lipinski definition) is 4. The van der Waals surface area contributed by atoms with E-state index in [0.29, 0.717) is 0 Å². The number of aromatic carboxylic acids is 1. The summed E-state index contributed by atoms with van der Waals surface area (Å²) in [6, 6.07) is 10.5. The molecule has 4 nitrogen and oxygen atoms in total. The molecule has 0 fully saturated rings. The zero-order valence-electron chi connectivity index (χ0n) is 9.20. The second-order valence-corrected chi connectivity index (χ2v) is 4.71. The van der Waals surface area contributed by atoms with Gasteiger partial charge in [-0.05, 0) is 24.3 Å². The summed E-state index contributed by atoms with van der Waals surface area (Å²) < 4.78 is 0. The van der Waals surface area contributed by atoms with E-state index in [0.717, 1.165) is 20.9 Å². The number of carbonyl (C=O) groups is 1. The molecule has 0 saturated heterocycles. The molecule has 2 heterocycles. The van der Waals surface area contributed by atoms with Crippen molar-refractivity contribution in [3.8, 4) is 10.6 Å². The maximum Gasteiger partial charge on any atom is 0.335 e. The molecule has 0 atom stereocenters. The van der Waals surface area contributed by atoms with Gasteiger partial charge in [0.2, 0.25) is 0 Å². The van der Waals surface area contributed by atoms with Gasteiger partial charge in [-0.3, -0.25) is 0 Å². The fourth-order valence-corrected chi connectivity index (χ4v) is 2.58. The van der Waals surface area contributed by atoms with Crippen LogP contribution >= 0.6 is 11.3 Å². The first-order valence-electron chi connectivity index (χ1n) is 5.29. The molecule has 0 spiro atoms. The van der Waals surface area contributed by atoms with Crippen LogP contribution in [0.15, 0.2) is 42.6 Å². The largest absolute Gasteiger partial charge is 0.478 e. The van der Waals surface area contributed by atoms with Crippen molar-refractivity contribution in [1.29, 1.82) is 0 Å². The van der Waals surface area contributed by atoms with Gasteiger partial charge in [-0.15, -0.1) is 0 Å². The average molecular weight is 256 g/mol. The Morgan fingerprint density at radius 3 is 2.89 bits per heavy atom. The molecule has 2 aromatic heterocycles. The van der Waals surface area contributed by atoms with Crippen molar-refractivity contribution in [2.24, 2.45) is 0 Å². The van der Waals surface area contributed by atoms with Crippen LogP contribution in [-0.4, -0.2) is 21.0 Å². The second kappa shape index (κ2) is 4.19. The smallest absolute Gasteiger partial charge is 0.335 e. The average Bonchev–Trinajstić information content (AvgIpc) is 2.82. The van der Waals surface area contributed by atoms with Crippen molar-refractivity contribution < 1.29 is 9.90 Å². The number of hydrogen-bond donors (Lipinski definition) is 1. The van der Waals surface area contributed by atoms with Crippen LogP contribution in [0.3, 0.4) is 0 Å². The van der Waals surface area contributed by atoms with Crippen molar-refractivity contribution in [3.63, 3.8) is 0 Å². The number of aromatic nitrogens is 2. The van der Waals surface area contributed by atoms with E-state index in [-0.39, 0.29) is 5.56 Å². The summed E-state index contributed by atoms with van der Waals surface area (Å²) in [5.74, 6) is -0.934. The van der Waals surface area contributed by atoms with E-state index in [1.165, 1.54) is 11.3 Å². The van der Waals surface area contributed by atoms with E-state index in [1.807, 2.05) is 18.2 Å². The van der Waals surface area contributed by atoms with Crippen LogP contribution in [-0.2, 0) is 0 Å². The molecule has 3 aromatic rings. The zero-order valence-corrected chi connectivity index (χ0v) is 10.0. The molecule has 88 valence electrons. The molecule has 0 aliphatic heterocycles. The first-order valence-corrected chi connectivity index (χ1v) is 6.11. The predicted octanol–water partition coefficient (Wildman–Crippen LogP) is 3.06. The van der Waals surface area contributed by atoms with Crippen LogP contribution in [0.2, 0.25) is 0 Å². The van der Waals surface area contributed by atoms with E-state index in [4.69, 9.17) is 5.11 Å². The van der Waals surface area contributed by atoms with E-state index in [9.17, 15) is 4.79 Å². The minimum absolute atomic E-state index is 0.264. The second-order valence-electron chi connectivity index (χ2n) is 3.73. The summed E-state index contributed by atoms with van der Waals surface area (Å²) in [6.45, 7) is 0. The molecule has 5 heteroatoms. The highest BCUT2D eigenvalue weighted by Gasteiger charge is 2.09. The van der Waals surface area contributed by atoms with Gasteiger partial charge in [-0.25, -0.2) is 14.8 Å². The number of pyridine rings is 1. The van der Waals surface area contributed by atoms with E-state index in [2.05, 4.69) is 9.97 Å². The summed E-state index contributed by atoms with van der Waals surface area (Å²) in [5.41, 5.74) is 1.90. The van der Waals surface area contributed by atoms with Gasteiger partial charge in [0, 0.05) is 11.8 Å². The molecule has 1 aromatic carbocycles. The van der Waals surface area contributed by atoms with Crippen molar-refractivity contribution in [1.82, 2.24) is 9.97 Å². The van der Waals surface area contributed by atoms with Gasteiger partial charge in [0.1, 0.15) is 15.4 Å². The Morgan fingerprint density at radius 2 is 2.11 bits per heavy atom. The molecule has 18 heavy (non-hydrogen) atoms. The molecular formula is C13H8N2O2S. The van der Waals surface area contributed by atoms with Crippen LogP contribution < -0.4 is 0 Å². The molecule has 0 aliphatic carbocycles. The van der Waals surface area contributed by atoms with Crippen LogP contribution in [0, 0.1) is 0 Å². The lowest BCUT2D eigenvalue weighted by atomic mass is 10.1. The fraction of sp³-hybridized carbons (Fsp3) is 0. The molecule has 1 N–H and O–H groups in total. The van der Waals surface area contributed by atoms with Gasteiger partial charge in [-0.1, -0.05) is 23.5 Å². The highest BCUT2D eigenvalue weighted by Crippen LogP contribution is 2.28. The third kappa shape index (κ3) is 1.84. The summed E-state index contributed by atoms with van der Waals surface area (Å²) >= 11 is 1.46. The number of nitrogens with zero attached hydrogens (tertiary/aromatic N) is 2. The van der Waals surface area contributed by atoms with E-state index >= 15 is 0 Å². The number of thiazole rings is 1. The number of carboxylic acids is 1. The molecule has 0 bridgehead atoms. The molecule has 0 radical (unpaired) electrons. The maximum absolute atomic E-state index is 10.9. The minimum atomic E-state index is -0.934. The van der Waals surface area contributed by atoms with Gasteiger partial charge in [0.05, 0.1) is 5.56 Å². The predicted molar refractivity (Wildman–Crippen MR) is 69.8 cm³/mol. The normalized spacial score (nSPS) is 10.7. The lowest BCUT2D eigenvalue weighted by Gasteiger charge is -1.97. The topological polar surface area (TPSA) is 63.1 Å². The Labute approximate surface area is 107 Å². The summed E-state index contributed by atoms with van der Waals surface area (Å²) in [6.07, 6.45) is 1.72. The monoisotopic (exact) mass is 256 g/mol. The zero-order chi connectivity index (χ0) is 12.5.